The smallest absolute Gasteiger partial charge is 0.252 e. The van der Waals surface area contributed by atoms with Crippen LogP contribution in [0, 0.1) is 12.8 Å². The van der Waals surface area contributed by atoms with Gasteiger partial charge >= 0.3 is 0 Å². The van der Waals surface area contributed by atoms with Crippen molar-refractivity contribution in [2.75, 3.05) is 32.8 Å². The molecule has 0 bridgehead atoms. The van der Waals surface area contributed by atoms with Gasteiger partial charge in [-0.2, -0.15) is 5.10 Å². The Kier molecular flexibility index (Phi) is 6.34. The SMILES string of the molecule is Cc1c(-c2cc(C(=O)NC[C@@H](C(C)C)N3CCOCC3)c3ccccc3n2)cnn1C. The van der Waals surface area contributed by atoms with Gasteiger partial charge in [0.25, 0.3) is 5.91 Å². The zero-order valence-corrected chi connectivity index (χ0v) is 18.8. The maximum absolute atomic E-state index is 13.3. The monoisotopic (exact) mass is 421 g/mol. The average Bonchev–Trinajstić information content (AvgIpc) is 3.11. The normalized spacial score (nSPS) is 16.0. The Morgan fingerprint density at radius 2 is 1.97 bits per heavy atom. The number of fused-ring (bicyclic) bond motifs is 1. The molecule has 1 amide bonds. The Morgan fingerprint density at radius 1 is 1.23 bits per heavy atom. The van der Waals surface area contributed by atoms with Crippen LogP contribution in [0.3, 0.4) is 0 Å². The Bertz CT molecular complexity index is 1070. The molecule has 1 atom stereocenters. The van der Waals surface area contributed by atoms with E-state index >= 15 is 0 Å². The van der Waals surface area contributed by atoms with Gasteiger partial charge in [0.05, 0.1) is 36.2 Å². The number of ether oxygens (including phenoxy) is 1. The summed E-state index contributed by atoms with van der Waals surface area (Å²) in [5.74, 6) is 0.362. The predicted molar refractivity (Wildman–Crippen MR) is 122 cm³/mol. The van der Waals surface area contributed by atoms with Crippen molar-refractivity contribution < 1.29 is 9.53 Å². The molecule has 0 spiro atoms. The molecule has 164 valence electrons. The molecular weight excluding hydrogens is 390 g/mol. The Morgan fingerprint density at radius 3 is 2.65 bits per heavy atom. The van der Waals surface area contributed by atoms with Crippen molar-refractivity contribution in [1.29, 1.82) is 0 Å². The second-order valence-corrected chi connectivity index (χ2v) is 8.51. The molecule has 3 aromatic rings. The van der Waals surface area contributed by atoms with E-state index in [-0.39, 0.29) is 11.9 Å². The van der Waals surface area contributed by atoms with Gasteiger partial charge in [-0.25, -0.2) is 4.98 Å². The van der Waals surface area contributed by atoms with Crippen LogP contribution in [0.1, 0.15) is 29.9 Å². The van der Waals surface area contributed by atoms with Crippen LogP contribution < -0.4 is 5.32 Å². The lowest BCUT2D eigenvalue weighted by molar-refractivity contribution is 0.00673. The van der Waals surface area contributed by atoms with E-state index in [9.17, 15) is 4.79 Å². The van der Waals surface area contributed by atoms with Gasteiger partial charge in [0.1, 0.15) is 0 Å². The number of nitrogens with zero attached hydrogens (tertiary/aromatic N) is 4. The van der Waals surface area contributed by atoms with Gasteiger partial charge in [0, 0.05) is 49.4 Å². The van der Waals surface area contributed by atoms with Crippen LogP contribution in [0.25, 0.3) is 22.2 Å². The molecule has 3 heterocycles. The Labute approximate surface area is 183 Å². The molecule has 1 N–H and O–H groups in total. The number of carbonyl (C=O) groups excluding carboxylic acids is 1. The molecule has 0 aliphatic carbocycles. The fourth-order valence-electron chi connectivity index (χ4n) is 4.24. The second kappa shape index (κ2) is 9.16. The van der Waals surface area contributed by atoms with E-state index in [2.05, 4.69) is 29.2 Å². The van der Waals surface area contributed by atoms with Gasteiger partial charge in [0.15, 0.2) is 0 Å². The maximum atomic E-state index is 13.3. The highest BCUT2D eigenvalue weighted by Gasteiger charge is 2.25. The molecule has 1 aliphatic rings. The lowest BCUT2D eigenvalue weighted by Gasteiger charge is -2.37. The quantitative estimate of drug-likeness (QED) is 0.662. The standard InChI is InChI=1S/C24H31N5O2/c1-16(2)23(29-9-11-31-12-10-29)15-25-24(30)19-13-22(20-14-26-28(4)17(20)3)27-21-8-6-5-7-18(19)21/h5-8,13-14,16,23H,9-12,15H2,1-4H3,(H,25,30)/t23-/m0/s1. The minimum atomic E-state index is -0.0692. The highest BCUT2D eigenvalue weighted by Crippen LogP contribution is 2.27. The lowest BCUT2D eigenvalue weighted by Crippen LogP contribution is -2.51. The van der Waals surface area contributed by atoms with Gasteiger partial charge in [0.2, 0.25) is 0 Å². The summed E-state index contributed by atoms with van der Waals surface area (Å²) in [5, 5.41) is 8.40. The average molecular weight is 422 g/mol. The van der Waals surface area contributed by atoms with E-state index in [0.717, 1.165) is 54.2 Å². The predicted octanol–water partition coefficient (Wildman–Crippen LogP) is 3.03. The van der Waals surface area contributed by atoms with E-state index in [1.54, 1.807) is 6.20 Å². The molecule has 1 aliphatic heterocycles. The van der Waals surface area contributed by atoms with E-state index in [1.807, 2.05) is 49.0 Å². The summed E-state index contributed by atoms with van der Waals surface area (Å²) in [4.78, 5) is 20.6. The van der Waals surface area contributed by atoms with E-state index in [0.29, 0.717) is 18.0 Å². The van der Waals surface area contributed by atoms with Crippen LogP contribution in [0.2, 0.25) is 0 Å². The maximum Gasteiger partial charge on any atom is 0.252 e. The van der Waals surface area contributed by atoms with Crippen LogP contribution >= 0.6 is 0 Å². The first-order valence-corrected chi connectivity index (χ1v) is 10.9. The number of pyridine rings is 1. The fourth-order valence-corrected chi connectivity index (χ4v) is 4.24. The molecule has 0 unspecified atom stereocenters. The zero-order chi connectivity index (χ0) is 22.0. The largest absolute Gasteiger partial charge is 0.379 e. The number of para-hydroxylation sites is 1. The Balaban J connectivity index is 1.63. The third-order valence-corrected chi connectivity index (χ3v) is 6.23. The van der Waals surface area contributed by atoms with Gasteiger partial charge < -0.3 is 10.1 Å². The number of rotatable bonds is 6. The fraction of sp³-hybridized carbons (Fsp3) is 0.458. The number of aryl methyl sites for hydroxylation is 1. The van der Waals surface area contributed by atoms with Gasteiger partial charge in [-0.15, -0.1) is 0 Å². The second-order valence-electron chi connectivity index (χ2n) is 8.51. The number of hydrogen-bond acceptors (Lipinski definition) is 5. The van der Waals surface area contributed by atoms with Crippen molar-refractivity contribution in [1.82, 2.24) is 25.0 Å². The van der Waals surface area contributed by atoms with Gasteiger partial charge in [-0.05, 0) is 25.0 Å². The third-order valence-electron chi connectivity index (χ3n) is 6.23. The van der Waals surface area contributed by atoms with Crippen molar-refractivity contribution in [2.45, 2.75) is 26.8 Å². The first kappa shape index (κ1) is 21.5. The topological polar surface area (TPSA) is 72.3 Å². The number of benzene rings is 1. The molecule has 2 aromatic heterocycles. The van der Waals surface area contributed by atoms with Gasteiger partial charge in [-0.3, -0.25) is 14.4 Å². The number of carbonyl (C=O) groups is 1. The van der Waals surface area contributed by atoms with Crippen molar-refractivity contribution in [3.05, 3.63) is 47.8 Å². The molecular formula is C24H31N5O2. The molecule has 1 saturated heterocycles. The van der Waals surface area contributed by atoms with Crippen LogP contribution in [0.4, 0.5) is 0 Å². The molecule has 1 aromatic carbocycles. The molecule has 0 radical (unpaired) electrons. The minimum Gasteiger partial charge on any atom is -0.379 e. The Hall–Kier alpha value is -2.77. The minimum absolute atomic E-state index is 0.0692. The summed E-state index contributed by atoms with van der Waals surface area (Å²) < 4.78 is 7.32. The van der Waals surface area contributed by atoms with Crippen molar-refractivity contribution in [3.8, 4) is 11.3 Å². The van der Waals surface area contributed by atoms with Crippen molar-refractivity contribution in [2.24, 2.45) is 13.0 Å². The summed E-state index contributed by atoms with van der Waals surface area (Å²) in [7, 11) is 1.91. The first-order chi connectivity index (χ1) is 15.0. The summed E-state index contributed by atoms with van der Waals surface area (Å²) in [6, 6.07) is 9.97. The molecule has 4 rings (SSSR count). The third kappa shape index (κ3) is 4.48. The van der Waals surface area contributed by atoms with Gasteiger partial charge in [-0.1, -0.05) is 32.0 Å². The summed E-state index contributed by atoms with van der Waals surface area (Å²) in [6.07, 6.45) is 1.81. The van der Waals surface area contributed by atoms with Crippen LogP contribution in [0.5, 0.6) is 0 Å². The van der Waals surface area contributed by atoms with E-state index in [1.165, 1.54) is 0 Å². The number of nitrogens with one attached hydrogen (secondary N) is 1. The van der Waals surface area contributed by atoms with Crippen molar-refractivity contribution >= 4 is 16.8 Å². The highest BCUT2D eigenvalue weighted by atomic mass is 16.5. The number of amides is 1. The first-order valence-electron chi connectivity index (χ1n) is 10.9. The lowest BCUT2D eigenvalue weighted by atomic mass is 10.0. The number of hydrogen-bond donors (Lipinski definition) is 1. The zero-order valence-electron chi connectivity index (χ0n) is 18.8. The van der Waals surface area contributed by atoms with E-state index in [4.69, 9.17) is 9.72 Å². The van der Waals surface area contributed by atoms with Crippen LogP contribution in [-0.4, -0.2) is 64.5 Å². The molecule has 1 fully saturated rings. The molecule has 7 heteroatoms. The summed E-state index contributed by atoms with van der Waals surface area (Å²) in [6.45, 7) is 10.3. The summed E-state index contributed by atoms with van der Waals surface area (Å²) >= 11 is 0. The van der Waals surface area contributed by atoms with Crippen LogP contribution in [0.15, 0.2) is 36.5 Å². The van der Waals surface area contributed by atoms with E-state index < -0.39 is 0 Å². The summed E-state index contributed by atoms with van der Waals surface area (Å²) in [5.41, 5.74) is 4.18. The van der Waals surface area contributed by atoms with Crippen molar-refractivity contribution in [3.63, 3.8) is 0 Å². The highest BCUT2D eigenvalue weighted by molar-refractivity contribution is 6.07. The molecule has 31 heavy (non-hydrogen) atoms. The number of morpholine rings is 1. The molecule has 7 nitrogen and oxygen atoms in total. The number of aromatic nitrogens is 3. The molecule has 0 saturated carbocycles. The van der Waals surface area contributed by atoms with Crippen LogP contribution in [-0.2, 0) is 11.8 Å².